The third-order valence-corrected chi connectivity index (χ3v) is 3.14. The average molecular weight is 246 g/mol. The van der Waals surface area contributed by atoms with Gasteiger partial charge in [0, 0.05) is 19.2 Å². The van der Waals surface area contributed by atoms with Gasteiger partial charge in [-0.1, -0.05) is 0 Å². The minimum Gasteiger partial charge on any atom is -0.497 e. The normalized spacial score (nSPS) is 19.0. The lowest BCUT2D eigenvalue weighted by atomic mass is 10.1. The van der Waals surface area contributed by atoms with E-state index < -0.39 is 0 Å². The topological polar surface area (TPSA) is 54.3 Å². The second kappa shape index (κ2) is 6.27. The van der Waals surface area contributed by atoms with Gasteiger partial charge in [0.2, 0.25) is 0 Å². The maximum absolute atomic E-state index is 9.06. The molecule has 1 aromatic rings. The molecule has 1 aliphatic rings. The quantitative estimate of drug-likeness (QED) is 0.887. The number of hydrogen-bond acceptors (Lipinski definition) is 4. The van der Waals surface area contributed by atoms with E-state index in [-0.39, 0.29) is 6.10 Å². The van der Waals surface area contributed by atoms with Crippen molar-refractivity contribution in [3.05, 3.63) is 23.8 Å². The van der Waals surface area contributed by atoms with Gasteiger partial charge in [-0.25, -0.2) is 0 Å². The Morgan fingerprint density at radius 2 is 2.39 bits per heavy atom. The highest BCUT2D eigenvalue weighted by Crippen LogP contribution is 2.22. The van der Waals surface area contributed by atoms with Crippen LogP contribution in [0.3, 0.4) is 0 Å². The van der Waals surface area contributed by atoms with E-state index in [2.05, 4.69) is 11.4 Å². The number of rotatable bonds is 4. The van der Waals surface area contributed by atoms with Gasteiger partial charge in [0.25, 0.3) is 0 Å². The maximum Gasteiger partial charge on any atom is 0.121 e. The van der Waals surface area contributed by atoms with Crippen molar-refractivity contribution in [3.63, 3.8) is 0 Å². The molecule has 0 saturated carbocycles. The first-order chi connectivity index (χ1) is 8.83. The molecule has 0 aliphatic carbocycles. The van der Waals surface area contributed by atoms with Gasteiger partial charge in [0.1, 0.15) is 11.8 Å². The van der Waals surface area contributed by atoms with Crippen LogP contribution in [-0.4, -0.2) is 26.4 Å². The molecule has 4 heteroatoms. The predicted molar refractivity (Wildman–Crippen MR) is 69.8 cm³/mol. The Bertz CT molecular complexity index is 434. The van der Waals surface area contributed by atoms with Crippen molar-refractivity contribution in [2.45, 2.75) is 25.4 Å². The number of nitrogens with zero attached hydrogens (tertiary/aromatic N) is 1. The summed E-state index contributed by atoms with van der Waals surface area (Å²) in [7, 11) is 1.62. The first-order valence-corrected chi connectivity index (χ1v) is 6.27. The average Bonchev–Trinajstić information content (AvgIpc) is 2.45. The van der Waals surface area contributed by atoms with Crippen molar-refractivity contribution in [1.82, 2.24) is 0 Å². The summed E-state index contributed by atoms with van der Waals surface area (Å²) in [6.07, 6.45) is 3.70. The zero-order chi connectivity index (χ0) is 12.8. The van der Waals surface area contributed by atoms with Crippen LogP contribution in [0.4, 0.5) is 5.69 Å². The number of anilines is 1. The lowest BCUT2D eigenvalue weighted by Crippen LogP contribution is -2.27. The van der Waals surface area contributed by atoms with Gasteiger partial charge in [-0.15, -0.1) is 0 Å². The standard InChI is InChI=1S/C14H18N2O2/c1-17-12-6-5-11(9-15)14(8-12)16-10-13-4-2-3-7-18-13/h5-6,8,13,16H,2-4,7,10H2,1H3. The Morgan fingerprint density at radius 3 is 3.06 bits per heavy atom. The summed E-state index contributed by atoms with van der Waals surface area (Å²) < 4.78 is 10.8. The molecule has 1 fully saturated rings. The Morgan fingerprint density at radius 1 is 1.50 bits per heavy atom. The van der Waals surface area contributed by atoms with Crippen molar-refractivity contribution in [2.24, 2.45) is 0 Å². The van der Waals surface area contributed by atoms with Crippen molar-refractivity contribution in [3.8, 4) is 11.8 Å². The third-order valence-electron chi connectivity index (χ3n) is 3.14. The molecule has 1 saturated heterocycles. The van der Waals surface area contributed by atoms with E-state index in [0.29, 0.717) is 5.56 Å². The molecule has 1 N–H and O–H groups in total. The van der Waals surface area contributed by atoms with Gasteiger partial charge in [0.15, 0.2) is 0 Å². The molecule has 1 unspecified atom stereocenters. The summed E-state index contributed by atoms with van der Waals surface area (Å²) in [6.45, 7) is 1.58. The van der Waals surface area contributed by atoms with E-state index >= 15 is 0 Å². The van der Waals surface area contributed by atoms with Crippen LogP contribution in [0.25, 0.3) is 0 Å². The van der Waals surface area contributed by atoms with E-state index in [1.165, 1.54) is 6.42 Å². The molecule has 1 aliphatic heterocycles. The minimum absolute atomic E-state index is 0.247. The van der Waals surface area contributed by atoms with Gasteiger partial charge in [-0.3, -0.25) is 0 Å². The van der Waals surface area contributed by atoms with Gasteiger partial charge in [-0.05, 0) is 31.4 Å². The van der Waals surface area contributed by atoms with Crippen LogP contribution in [0.5, 0.6) is 5.75 Å². The van der Waals surface area contributed by atoms with Crippen molar-refractivity contribution in [1.29, 1.82) is 5.26 Å². The van der Waals surface area contributed by atoms with Crippen LogP contribution in [-0.2, 0) is 4.74 Å². The lowest BCUT2D eigenvalue weighted by Gasteiger charge is -2.23. The van der Waals surface area contributed by atoms with Gasteiger partial charge >= 0.3 is 0 Å². The van der Waals surface area contributed by atoms with E-state index in [1.54, 1.807) is 19.2 Å². The fourth-order valence-corrected chi connectivity index (χ4v) is 2.09. The highest BCUT2D eigenvalue weighted by atomic mass is 16.5. The predicted octanol–water partition coefficient (Wildman–Crippen LogP) is 2.55. The molecule has 4 nitrogen and oxygen atoms in total. The Hall–Kier alpha value is -1.73. The number of ether oxygens (including phenoxy) is 2. The van der Waals surface area contributed by atoms with Crippen LogP contribution in [0.1, 0.15) is 24.8 Å². The number of nitriles is 1. The molecular weight excluding hydrogens is 228 g/mol. The van der Waals surface area contributed by atoms with Crippen LogP contribution in [0.15, 0.2) is 18.2 Å². The van der Waals surface area contributed by atoms with Crippen LogP contribution in [0.2, 0.25) is 0 Å². The monoisotopic (exact) mass is 246 g/mol. The van der Waals surface area contributed by atoms with E-state index in [4.69, 9.17) is 14.7 Å². The smallest absolute Gasteiger partial charge is 0.121 e. The van der Waals surface area contributed by atoms with Gasteiger partial charge < -0.3 is 14.8 Å². The summed E-state index contributed by atoms with van der Waals surface area (Å²) in [5.74, 6) is 0.751. The molecule has 1 aromatic carbocycles. The lowest BCUT2D eigenvalue weighted by molar-refractivity contribution is 0.0247. The number of benzene rings is 1. The summed E-state index contributed by atoms with van der Waals surface area (Å²) in [5.41, 5.74) is 1.44. The molecule has 0 spiro atoms. The zero-order valence-electron chi connectivity index (χ0n) is 10.6. The minimum atomic E-state index is 0.247. The molecule has 1 atom stereocenters. The van der Waals surface area contributed by atoms with Crippen molar-refractivity contribution >= 4 is 5.69 Å². The van der Waals surface area contributed by atoms with Gasteiger partial charge in [0.05, 0.1) is 24.5 Å². The number of hydrogen-bond donors (Lipinski definition) is 1. The Labute approximate surface area is 108 Å². The van der Waals surface area contributed by atoms with E-state index in [9.17, 15) is 0 Å². The fourth-order valence-electron chi connectivity index (χ4n) is 2.09. The summed E-state index contributed by atoms with van der Waals surface area (Å²) in [4.78, 5) is 0. The molecule has 2 rings (SSSR count). The van der Waals surface area contributed by atoms with Crippen LogP contribution >= 0.6 is 0 Å². The van der Waals surface area contributed by atoms with Crippen molar-refractivity contribution in [2.75, 3.05) is 25.6 Å². The maximum atomic E-state index is 9.06. The highest BCUT2D eigenvalue weighted by molar-refractivity contribution is 5.60. The molecule has 1 heterocycles. The first kappa shape index (κ1) is 12.7. The summed E-state index contributed by atoms with van der Waals surface area (Å²) in [6, 6.07) is 7.58. The summed E-state index contributed by atoms with van der Waals surface area (Å²) >= 11 is 0. The Kier molecular flexibility index (Phi) is 4.43. The first-order valence-electron chi connectivity index (χ1n) is 6.27. The summed E-state index contributed by atoms with van der Waals surface area (Å²) in [5, 5.41) is 12.3. The molecule has 18 heavy (non-hydrogen) atoms. The molecule has 0 bridgehead atoms. The second-order valence-corrected chi connectivity index (χ2v) is 4.39. The Balaban J connectivity index is 2.00. The largest absolute Gasteiger partial charge is 0.497 e. The second-order valence-electron chi connectivity index (χ2n) is 4.39. The van der Waals surface area contributed by atoms with Crippen LogP contribution < -0.4 is 10.1 Å². The number of nitrogens with one attached hydrogen (secondary N) is 1. The molecular formula is C14H18N2O2. The molecule has 0 amide bonds. The fraction of sp³-hybridized carbons (Fsp3) is 0.500. The third kappa shape index (κ3) is 3.14. The number of methoxy groups -OCH3 is 1. The molecule has 96 valence electrons. The SMILES string of the molecule is COc1ccc(C#N)c(NCC2CCCCO2)c1. The molecule has 0 aromatic heterocycles. The van der Waals surface area contributed by atoms with E-state index in [1.807, 2.05) is 6.07 Å². The zero-order valence-corrected chi connectivity index (χ0v) is 10.6. The van der Waals surface area contributed by atoms with Gasteiger partial charge in [-0.2, -0.15) is 5.26 Å². The van der Waals surface area contributed by atoms with E-state index in [0.717, 1.165) is 37.4 Å². The highest BCUT2D eigenvalue weighted by Gasteiger charge is 2.14. The van der Waals surface area contributed by atoms with Crippen LogP contribution in [0, 0.1) is 11.3 Å². The molecule has 0 radical (unpaired) electrons. The van der Waals surface area contributed by atoms with Crippen molar-refractivity contribution < 1.29 is 9.47 Å².